The molecule has 2 aromatic rings. The van der Waals surface area contributed by atoms with Crippen LogP contribution in [0.2, 0.25) is 0 Å². The van der Waals surface area contributed by atoms with Gasteiger partial charge in [-0.2, -0.15) is 0 Å². The van der Waals surface area contributed by atoms with Gasteiger partial charge in [-0.25, -0.2) is 9.59 Å². The number of nitrogens with one attached hydrogen (secondary N) is 2. The molecule has 0 amide bonds. The molecule has 0 fully saturated rings. The third-order valence-electron chi connectivity index (χ3n) is 2.34. The number of carboxylic acid groups (broad SMARTS) is 1. The van der Waals surface area contributed by atoms with Crippen LogP contribution in [0, 0.1) is 0 Å². The van der Waals surface area contributed by atoms with Gasteiger partial charge in [0, 0.05) is 10.9 Å². The van der Waals surface area contributed by atoms with Crippen molar-refractivity contribution in [3.05, 3.63) is 56.2 Å². The fourth-order valence-electron chi connectivity index (χ4n) is 1.57. The number of carboxylic acids is 1. The van der Waals surface area contributed by atoms with E-state index in [0.29, 0.717) is 12.1 Å². The number of hydrogen-bond donors (Lipinski definition) is 3. The van der Waals surface area contributed by atoms with Crippen molar-refractivity contribution in [3.63, 3.8) is 0 Å². The zero-order chi connectivity index (χ0) is 12.4. The number of aromatic amines is 2. The maximum Gasteiger partial charge on any atom is 0.354 e. The average Bonchev–Trinajstić information content (AvgIpc) is 2.63. The predicted octanol–water partition coefficient (Wildman–Crippen LogP) is 1.75. The lowest BCUT2D eigenvalue weighted by atomic mass is 10.1. The highest BCUT2D eigenvalue weighted by atomic mass is 79.9. The van der Waals surface area contributed by atoms with Crippen molar-refractivity contribution in [2.24, 2.45) is 0 Å². The van der Waals surface area contributed by atoms with Crippen LogP contribution >= 0.6 is 15.9 Å². The Hall–Kier alpha value is -1.82. The minimum atomic E-state index is -1.15. The van der Waals surface area contributed by atoms with Gasteiger partial charge >= 0.3 is 11.7 Å². The van der Waals surface area contributed by atoms with Crippen molar-refractivity contribution >= 4 is 21.9 Å². The molecule has 2 rings (SSSR count). The van der Waals surface area contributed by atoms with E-state index in [2.05, 4.69) is 25.9 Å². The van der Waals surface area contributed by atoms with Crippen molar-refractivity contribution in [1.82, 2.24) is 9.97 Å². The first-order valence-electron chi connectivity index (χ1n) is 4.86. The molecule has 0 radical (unpaired) electrons. The first kappa shape index (κ1) is 11.7. The van der Waals surface area contributed by atoms with Gasteiger partial charge in [-0.15, -0.1) is 0 Å². The summed E-state index contributed by atoms with van der Waals surface area (Å²) in [7, 11) is 0. The smallest absolute Gasteiger partial charge is 0.354 e. The van der Waals surface area contributed by atoms with Crippen LogP contribution in [-0.4, -0.2) is 21.0 Å². The summed E-state index contributed by atoms with van der Waals surface area (Å²) in [6, 6.07) is 7.44. The van der Waals surface area contributed by atoms with Crippen LogP contribution in [-0.2, 0) is 6.42 Å². The second-order valence-corrected chi connectivity index (χ2v) is 4.36. The van der Waals surface area contributed by atoms with E-state index in [4.69, 9.17) is 5.11 Å². The molecule has 0 aliphatic rings. The van der Waals surface area contributed by atoms with E-state index in [1.807, 2.05) is 24.3 Å². The summed E-state index contributed by atoms with van der Waals surface area (Å²) in [5.41, 5.74) is 0.676. The van der Waals surface area contributed by atoms with Gasteiger partial charge in [-0.1, -0.05) is 34.1 Å². The Bertz CT molecular complexity index is 615. The summed E-state index contributed by atoms with van der Waals surface area (Å²) in [5.74, 6) is -1.15. The van der Waals surface area contributed by atoms with Gasteiger partial charge in [0.25, 0.3) is 0 Å². The van der Waals surface area contributed by atoms with Gasteiger partial charge < -0.3 is 10.1 Å². The number of benzene rings is 1. The number of H-pyrrole nitrogens is 2. The lowest BCUT2D eigenvalue weighted by Crippen LogP contribution is -2.04. The minimum Gasteiger partial charge on any atom is -0.477 e. The van der Waals surface area contributed by atoms with Crippen LogP contribution in [0.3, 0.4) is 0 Å². The standard InChI is InChI=1S/C11H9BrN2O3/c12-7-4-2-1-3-6(7)5-8-9(10(15)16)14-11(17)13-8/h1-4H,5H2,(H,15,16)(H2,13,14,17). The van der Waals surface area contributed by atoms with E-state index >= 15 is 0 Å². The van der Waals surface area contributed by atoms with Crippen molar-refractivity contribution in [3.8, 4) is 0 Å². The first-order chi connectivity index (χ1) is 8.08. The third-order valence-corrected chi connectivity index (χ3v) is 3.12. The monoisotopic (exact) mass is 296 g/mol. The number of carbonyl (C=O) groups is 1. The molecule has 88 valence electrons. The predicted molar refractivity (Wildman–Crippen MR) is 65.3 cm³/mol. The number of hydrogen-bond acceptors (Lipinski definition) is 2. The molecule has 0 bridgehead atoms. The third kappa shape index (κ3) is 2.47. The molecule has 0 atom stereocenters. The fourth-order valence-corrected chi connectivity index (χ4v) is 1.99. The van der Waals surface area contributed by atoms with E-state index in [-0.39, 0.29) is 5.69 Å². The number of rotatable bonds is 3. The molecule has 0 saturated carbocycles. The van der Waals surface area contributed by atoms with E-state index in [1.54, 1.807) is 0 Å². The molecule has 1 aromatic carbocycles. The molecule has 17 heavy (non-hydrogen) atoms. The Morgan fingerprint density at radius 3 is 2.65 bits per heavy atom. The molecule has 0 unspecified atom stereocenters. The number of aromatic nitrogens is 2. The highest BCUT2D eigenvalue weighted by Crippen LogP contribution is 2.19. The van der Waals surface area contributed by atoms with Crippen molar-refractivity contribution in [2.45, 2.75) is 6.42 Å². The van der Waals surface area contributed by atoms with Crippen molar-refractivity contribution in [2.75, 3.05) is 0 Å². The minimum absolute atomic E-state index is 0.0919. The van der Waals surface area contributed by atoms with E-state index in [9.17, 15) is 9.59 Å². The van der Waals surface area contributed by atoms with Gasteiger partial charge in [0.2, 0.25) is 0 Å². The molecular formula is C11H9BrN2O3. The second kappa shape index (κ2) is 4.58. The SMILES string of the molecule is O=C(O)c1[nH]c(=O)[nH]c1Cc1ccccc1Br. The van der Waals surface area contributed by atoms with Crippen LogP contribution in [0.1, 0.15) is 21.7 Å². The van der Waals surface area contributed by atoms with E-state index in [0.717, 1.165) is 10.0 Å². The molecule has 5 nitrogen and oxygen atoms in total. The normalized spacial score (nSPS) is 10.4. The molecule has 0 aliphatic heterocycles. The van der Waals surface area contributed by atoms with Gasteiger partial charge in [-0.05, 0) is 11.6 Å². The summed E-state index contributed by atoms with van der Waals surface area (Å²) < 4.78 is 0.874. The van der Waals surface area contributed by atoms with Crippen LogP contribution in [0.25, 0.3) is 0 Å². The summed E-state index contributed by atoms with van der Waals surface area (Å²) in [4.78, 5) is 26.8. The lowest BCUT2D eigenvalue weighted by Gasteiger charge is -2.03. The molecular weight excluding hydrogens is 288 g/mol. The highest BCUT2D eigenvalue weighted by Gasteiger charge is 2.14. The summed E-state index contributed by atoms with van der Waals surface area (Å²) >= 11 is 3.37. The Balaban J connectivity index is 2.40. The van der Waals surface area contributed by atoms with Crippen molar-refractivity contribution in [1.29, 1.82) is 0 Å². The molecule has 1 heterocycles. The number of aromatic carboxylic acids is 1. The highest BCUT2D eigenvalue weighted by molar-refractivity contribution is 9.10. The number of imidazole rings is 1. The summed E-state index contributed by atoms with van der Waals surface area (Å²) in [5, 5.41) is 8.92. The molecule has 0 spiro atoms. The zero-order valence-corrected chi connectivity index (χ0v) is 10.2. The lowest BCUT2D eigenvalue weighted by molar-refractivity contribution is 0.0690. The summed E-state index contributed by atoms with van der Waals surface area (Å²) in [6.07, 6.45) is 0.349. The zero-order valence-electron chi connectivity index (χ0n) is 8.66. The van der Waals surface area contributed by atoms with E-state index in [1.165, 1.54) is 0 Å². The topological polar surface area (TPSA) is 85.9 Å². The van der Waals surface area contributed by atoms with Crippen LogP contribution in [0.5, 0.6) is 0 Å². The Morgan fingerprint density at radius 1 is 1.29 bits per heavy atom. The van der Waals surface area contributed by atoms with Gasteiger partial charge in [0.15, 0.2) is 0 Å². The molecule has 0 aliphatic carbocycles. The molecule has 6 heteroatoms. The maximum atomic E-state index is 11.1. The first-order valence-corrected chi connectivity index (χ1v) is 5.65. The quantitative estimate of drug-likeness (QED) is 0.806. The van der Waals surface area contributed by atoms with Gasteiger partial charge in [-0.3, -0.25) is 4.98 Å². The maximum absolute atomic E-state index is 11.1. The average molecular weight is 297 g/mol. The Kier molecular flexibility index (Phi) is 3.14. The van der Waals surface area contributed by atoms with Gasteiger partial charge in [0.05, 0.1) is 5.69 Å². The fraction of sp³-hybridized carbons (Fsp3) is 0.0909. The molecule has 3 N–H and O–H groups in total. The van der Waals surface area contributed by atoms with Crippen LogP contribution in [0.15, 0.2) is 33.5 Å². The molecule has 0 saturated heterocycles. The largest absolute Gasteiger partial charge is 0.477 e. The summed E-state index contributed by atoms with van der Waals surface area (Å²) in [6.45, 7) is 0. The van der Waals surface area contributed by atoms with Crippen molar-refractivity contribution < 1.29 is 9.90 Å². The Labute approximate surface area is 105 Å². The van der Waals surface area contributed by atoms with Crippen LogP contribution in [0.4, 0.5) is 0 Å². The Morgan fingerprint density at radius 2 is 2.00 bits per heavy atom. The second-order valence-electron chi connectivity index (χ2n) is 3.51. The van der Waals surface area contributed by atoms with Crippen LogP contribution < -0.4 is 5.69 Å². The van der Waals surface area contributed by atoms with Gasteiger partial charge in [0.1, 0.15) is 5.69 Å². The van der Waals surface area contributed by atoms with E-state index < -0.39 is 11.7 Å². The number of halogens is 1. The molecule has 1 aromatic heterocycles.